The van der Waals surface area contributed by atoms with Gasteiger partial charge in [0.2, 0.25) is 0 Å². The fourth-order valence-electron chi connectivity index (χ4n) is 5.83. The molecule has 5 rings (SSSR count). The average Bonchev–Trinajstić information content (AvgIpc) is 2.98. The van der Waals surface area contributed by atoms with Gasteiger partial charge in [-0.05, 0) is 22.3 Å². The Morgan fingerprint density at radius 1 is 0.550 bits per heavy atom. The Balaban J connectivity index is 1.65. The van der Waals surface area contributed by atoms with Crippen LogP contribution in [0.25, 0.3) is 0 Å². The van der Waals surface area contributed by atoms with Crippen molar-refractivity contribution in [1.29, 1.82) is 0 Å². The van der Waals surface area contributed by atoms with E-state index in [0.29, 0.717) is 5.56 Å². The molecule has 4 N–H and O–H groups in total. The van der Waals surface area contributed by atoms with Crippen molar-refractivity contribution in [2.75, 3.05) is 6.61 Å². The van der Waals surface area contributed by atoms with Gasteiger partial charge in [0.1, 0.15) is 17.3 Å². The monoisotopic (exact) mass is 540 g/mol. The number of hydrogen-bond donors (Lipinski definition) is 4. The summed E-state index contributed by atoms with van der Waals surface area (Å²) >= 11 is 0. The molecule has 0 aromatic heterocycles. The van der Waals surface area contributed by atoms with E-state index >= 15 is 0 Å². The molecule has 0 saturated carbocycles. The van der Waals surface area contributed by atoms with Gasteiger partial charge < -0.3 is 29.9 Å². The maximum atomic E-state index is 12.9. The third-order valence-electron chi connectivity index (χ3n) is 7.99. The molecule has 1 fully saturated rings. The fraction of sp³-hybridized carbons (Fsp3) is 0.294. The lowest BCUT2D eigenvalue weighted by Gasteiger charge is -2.61. The lowest BCUT2D eigenvalue weighted by molar-refractivity contribution is -0.404. The van der Waals surface area contributed by atoms with E-state index in [4.69, 9.17) is 9.47 Å². The second kappa shape index (κ2) is 12.0. The standard InChI is InChI=1S/C34H36O6/c35-24-30-32(36,21-26-13-5-1-6-14-26)34(38,23-28-17-9-3-10-18-28)33(37,22-27-15-7-2-8-16-27)31(40-30)39-25-29-19-11-4-12-20-29/h1-20,30-31,35-38H,21-25H2/t30-,31+,32+,33+,34+/m1/s1. The summed E-state index contributed by atoms with van der Waals surface area (Å²) < 4.78 is 12.4. The van der Waals surface area contributed by atoms with Crippen LogP contribution in [-0.2, 0) is 35.3 Å². The SMILES string of the molecule is OC[C@H]1O[C@H](OCc2ccccc2)[C@@](O)(Cc2ccccc2)[C@](O)(Cc2ccccc2)[C@]1(O)Cc1ccccc1. The highest BCUT2D eigenvalue weighted by molar-refractivity contribution is 5.32. The number of hydrogen-bond acceptors (Lipinski definition) is 6. The van der Waals surface area contributed by atoms with Crippen LogP contribution in [-0.4, -0.2) is 56.2 Å². The maximum Gasteiger partial charge on any atom is 0.190 e. The lowest BCUT2D eigenvalue weighted by atomic mass is 9.60. The van der Waals surface area contributed by atoms with Gasteiger partial charge >= 0.3 is 0 Å². The van der Waals surface area contributed by atoms with Crippen molar-refractivity contribution in [1.82, 2.24) is 0 Å². The van der Waals surface area contributed by atoms with Crippen molar-refractivity contribution in [2.45, 2.75) is 55.1 Å². The van der Waals surface area contributed by atoms with Crippen molar-refractivity contribution in [3.05, 3.63) is 144 Å². The predicted molar refractivity (Wildman–Crippen MR) is 152 cm³/mol. The average molecular weight is 541 g/mol. The zero-order valence-corrected chi connectivity index (χ0v) is 22.3. The maximum absolute atomic E-state index is 12.9. The van der Waals surface area contributed by atoms with Crippen molar-refractivity contribution in [3.63, 3.8) is 0 Å². The van der Waals surface area contributed by atoms with E-state index in [9.17, 15) is 20.4 Å². The second-order valence-corrected chi connectivity index (χ2v) is 10.6. The van der Waals surface area contributed by atoms with E-state index in [2.05, 4.69) is 0 Å². The van der Waals surface area contributed by atoms with Crippen LogP contribution in [0.1, 0.15) is 22.3 Å². The summed E-state index contributed by atoms with van der Waals surface area (Å²) in [6.45, 7) is -0.494. The third kappa shape index (κ3) is 5.47. The first-order chi connectivity index (χ1) is 19.4. The van der Waals surface area contributed by atoms with Gasteiger partial charge in [-0.3, -0.25) is 0 Å². The van der Waals surface area contributed by atoms with E-state index in [1.165, 1.54) is 0 Å². The highest BCUT2D eigenvalue weighted by Crippen LogP contribution is 2.50. The molecule has 1 aliphatic heterocycles. The summed E-state index contributed by atoms with van der Waals surface area (Å²) in [5.74, 6) is 0. The van der Waals surface area contributed by atoms with Gasteiger partial charge in [-0.25, -0.2) is 0 Å². The molecule has 1 heterocycles. The molecule has 208 valence electrons. The van der Waals surface area contributed by atoms with Crippen LogP contribution in [0.15, 0.2) is 121 Å². The number of ether oxygens (including phenoxy) is 2. The van der Waals surface area contributed by atoms with E-state index in [1.807, 2.05) is 121 Å². The van der Waals surface area contributed by atoms with Crippen LogP contribution < -0.4 is 0 Å². The Morgan fingerprint density at radius 2 is 0.950 bits per heavy atom. The fourth-order valence-corrected chi connectivity index (χ4v) is 5.83. The molecule has 0 spiro atoms. The summed E-state index contributed by atoms with van der Waals surface area (Å²) in [7, 11) is 0. The quantitative estimate of drug-likeness (QED) is 0.244. The van der Waals surface area contributed by atoms with Gasteiger partial charge in [0.25, 0.3) is 0 Å². The first-order valence-electron chi connectivity index (χ1n) is 13.6. The largest absolute Gasteiger partial charge is 0.394 e. The molecule has 6 heteroatoms. The summed E-state index contributed by atoms with van der Waals surface area (Å²) in [4.78, 5) is 0. The molecule has 5 atom stereocenters. The van der Waals surface area contributed by atoms with Crippen molar-refractivity contribution >= 4 is 0 Å². The molecule has 6 nitrogen and oxygen atoms in total. The van der Waals surface area contributed by atoms with Gasteiger partial charge in [0.15, 0.2) is 11.9 Å². The minimum Gasteiger partial charge on any atom is -0.394 e. The summed E-state index contributed by atoms with van der Waals surface area (Å²) in [5.41, 5.74) is -3.39. The van der Waals surface area contributed by atoms with E-state index in [-0.39, 0.29) is 25.9 Å². The highest BCUT2D eigenvalue weighted by atomic mass is 16.7. The van der Waals surface area contributed by atoms with Gasteiger partial charge in [-0.15, -0.1) is 0 Å². The molecule has 1 saturated heterocycles. The molecule has 4 aromatic rings. The Kier molecular flexibility index (Phi) is 8.47. The third-order valence-corrected chi connectivity index (χ3v) is 7.99. The number of aliphatic hydroxyl groups is 4. The zero-order valence-electron chi connectivity index (χ0n) is 22.3. The minimum atomic E-state index is -2.21. The molecule has 0 unspecified atom stereocenters. The van der Waals surface area contributed by atoms with Crippen molar-refractivity contribution < 1.29 is 29.9 Å². The van der Waals surface area contributed by atoms with Crippen molar-refractivity contribution in [2.24, 2.45) is 0 Å². The van der Waals surface area contributed by atoms with Gasteiger partial charge in [-0.2, -0.15) is 0 Å². The number of aliphatic hydroxyl groups excluding tert-OH is 1. The summed E-state index contributed by atoms with van der Waals surface area (Å²) in [6, 6.07) is 37.2. The highest BCUT2D eigenvalue weighted by Gasteiger charge is 2.71. The first-order valence-corrected chi connectivity index (χ1v) is 13.6. The minimum absolute atomic E-state index is 0.0636. The molecule has 0 radical (unpaired) electrons. The zero-order chi connectivity index (χ0) is 28.1. The van der Waals surface area contributed by atoms with Crippen LogP contribution in [0.3, 0.4) is 0 Å². The molecule has 4 aromatic carbocycles. The van der Waals surface area contributed by atoms with Gasteiger partial charge in [0.05, 0.1) is 13.2 Å². The van der Waals surface area contributed by atoms with Crippen LogP contribution in [0.5, 0.6) is 0 Å². The van der Waals surface area contributed by atoms with E-state index < -0.39 is 35.8 Å². The van der Waals surface area contributed by atoms with Crippen molar-refractivity contribution in [3.8, 4) is 0 Å². The molecule has 40 heavy (non-hydrogen) atoms. The van der Waals surface area contributed by atoms with Crippen LogP contribution in [0.4, 0.5) is 0 Å². The first kappa shape index (κ1) is 28.2. The number of rotatable bonds is 10. The molecule has 0 amide bonds. The molecular formula is C34H36O6. The Morgan fingerprint density at radius 3 is 1.40 bits per heavy atom. The Labute approximate surface area is 235 Å². The molecule has 1 aliphatic rings. The summed E-state index contributed by atoms with van der Waals surface area (Å²) in [5, 5.41) is 48.7. The Hall–Kier alpha value is -3.36. The normalized spacial score (nSPS) is 28.3. The predicted octanol–water partition coefficient (Wildman–Crippen LogP) is 3.84. The van der Waals surface area contributed by atoms with Crippen LogP contribution in [0.2, 0.25) is 0 Å². The topological polar surface area (TPSA) is 99.4 Å². The van der Waals surface area contributed by atoms with E-state index in [1.54, 1.807) is 0 Å². The molecule has 0 bridgehead atoms. The summed E-state index contributed by atoms with van der Waals surface area (Å²) in [6.07, 6.45) is -2.85. The smallest absolute Gasteiger partial charge is 0.190 e. The second-order valence-electron chi connectivity index (χ2n) is 10.6. The Bertz CT molecular complexity index is 1340. The molecule has 0 aliphatic carbocycles. The molecular weight excluding hydrogens is 504 g/mol. The lowest BCUT2D eigenvalue weighted by Crippen LogP contribution is -2.82. The van der Waals surface area contributed by atoms with Crippen LogP contribution in [0, 0.1) is 0 Å². The van der Waals surface area contributed by atoms with E-state index in [0.717, 1.165) is 16.7 Å². The van der Waals surface area contributed by atoms with Gasteiger partial charge in [-0.1, -0.05) is 121 Å². The number of benzene rings is 4. The van der Waals surface area contributed by atoms with Crippen LogP contribution >= 0.6 is 0 Å². The van der Waals surface area contributed by atoms with Gasteiger partial charge in [0, 0.05) is 19.3 Å².